The molecule has 9 heteroatoms. The molecule has 0 rings (SSSR count). The molecule has 0 aliphatic heterocycles. The number of carbonyl (C=O) groups is 2. The molecule has 0 aromatic rings. The Morgan fingerprint density at radius 1 is 0.511 bits per heavy atom. The molecule has 0 aromatic heterocycles. The molecule has 0 saturated heterocycles. The fourth-order valence-electron chi connectivity index (χ4n) is 5.30. The maximum Gasteiger partial charge on any atom is 0.303 e. The number of aliphatic carboxylic acids is 2. The Labute approximate surface area is 278 Å². The second kappa shape index (κ2) is 37.0. The summed E-state index contributed by atoms with van der Waals surface area (Å²) < 4.78 is 32.3. The molecule has 1 unspecified atom stereocenters. The topological polar surface area (TPSA) is 129 Å². The van der Waals surface area contributed by atoms with Crippen molar-refractivity contribution in [2.75, 3.05) is 0 Å². The second-order valence-electron chi connectivity index (χ2n) is 12.5. The quantitative estimate of drug-likeness (QED) is 0.0370. The summed E-state index contributed by atoms with van der Waals surface area (Å²) in [5, 5.41) is 16.4. The molecule has 0 amide bonds. The minimum absolute atomic E-state index is 0. The van der Waals surface area contributed by atoms with Crippen LogP contribution in [-0.2, 0) is 19.7 Å². The van der Waals surface area contributed by atoms with E-state index in [2.05, 4.69) is 26.0 Å². The summed E-state index contributed by atoms with van der Waals surface area (Å²) in [4.78, 5) is 20.7. The second-order valence-corrected chi connectivity index (χ2v) is 14.2. The maximum absolute atomic E-state index is 11.5. The normalized spacial score (nSPS) is 12.0. The van der Waals surface area contributed by atoms with Crippen LogP contribution in [0.5, 0.6) is 0 Å². The summed E-state index contributed by atoms with van der Waals surface area (Å²) in [5.41, 5.74) is 0. The summed E-state index contributed by atoms with van der Waals surface area (Å²) in [6.07, 6.45) is 34.6. The fraction of sp³-hybridized carbons (Fsp3) is 0.889. The van der Waals surface area contributed by atoms with E-state index in [-0.39, 0.29) is 12.6 Å². The minimum atomic E-state index is -3.95. The van der Waals surface area contributed by atoms with E-state index in [9.17, 15) is 22.6 Å². The third-order valence-electron chi connectivity index (χ3n) is 8.12. The zero-order valence-electron chi connectivity index (χ0n) is 29.0. The van der Waals surface area contributed by atoms with Crippen molar-refractivity contribution in [3.63, 3.8) is 0 Å². The van der Waals surface area contributed by atoms with Gasteiger partial charge in [-0.2, -0.15) is 8.42 Å². The smallest absolute Gasteiger partial charge is 0.303 e. The zero-order chi connectivity index (χ0) is 33.2. The van der Waals surface area contributed by atoms with Crippen LogP contribution in [0.1, 0.15) is 200 Å². The van der Waals surface area contributed by atoms with Crippen molar-refractivity contribution in [2.45, 2.75) is 205 Å². The SMILES string of the molecule is CCCCCCCC/C=C/CCCCCCCC(=O)O.CCCCCCCCCC(CCCCCCCC(=O)O)S(=O)(=O)O.[Ne]. The molecule has 1 atom stereocenters. The van der Waals surface area contributed by atoms with Gasteiger partial charge in [-0.1, -0.05) is 148 Å². The van der Waals surface area contributed by atoms with E-state index in [4.69, 9.17) is 10.2 Å². The van der Waals surface area contributed by atoms with Crippen molar-refractivity contribution in [2.24, 2.45) is 0 Å². The van der Waals surface area contributed by atoms with Crippen LogP contribution < -0.4 is 0 Å². The Bertz CT molecular complexity index is 771. The summed E-state index contributed by atoms with van der Waals surface area (Å²) in [6, 6.07) is 0. The molecular weight excluding hydrogens is 597 g/mol. The van der Waals surface area contributed by atoms with E-state index < -0.39 is 27.3 Å². The van der Waals surface area contributed by atoms with Gasteiger partial charge in [-0.05, 0) is 51.4 Å². The molecule has 0 spiro atoms. The molecule has 0 aromatic carbocycles. The average molecular weight is 667 g/mol. The molecule has 0 saturated carbocycles. The summed E-state index contributed by atoms with van der Waals surface area (Å²) >= 11 is 0. The molecule has 0 aliphatic rings. The Morgan fingerprint density at radius 3 is 1.11 bits per heavy atom. The van der Waals surface area contributed by atoms with Crippen LogP contribution in [0.4, 0.5) is 0 Å². The van der Waals surface area contributed by atoms with Crippen molar-refractivity contribution >= 4 is 22.1 Å². The summed E-state index contributed by atoms with van der Waals surface area (Å²) in [6.45, 7) is 4.44. The minimum Gasteiger partial charge on any atom is -0.481 e. The van der Waals surface area contributed by atoms with E-state index in [0.29, 0.717) is 25.7 Å². The number of unbranched alkanes of at least 4 members (excludes halogenated alkanes) is 21. The monoisotopic (exact) mass is 666 g/mol. The Balaban J connectivity index is -0.000000779. The van der Waals surface area contributed by atoms with Gasteiger partial charge in [0.15, 0.2) is 0 Å². The van der Waals surface area contributed by atoms with Crippen molar-refractivity contribution in [3.8, 4) is 0 Å². The van der Waals surface area contributed by atoms with Crippen LogP contribution in [-0.4, -0.2) is 40.4 Å². The van der Waals surface area contributed by atoms with Crippen LogP contribution in [0.15, 0.2) is 12.2 Å². The van der Waals surface area contributed by atoms with Gasteiger partial charge in [0.1, 0.15) is 0 Å². The van der Waals surface area contributed by atoms with Crippen LogP contribution in [0.3, 0.4) is 0 Å². The van der Waals surface area contributed by atoms with E-state index in [0.717, 1.165) is 57.8 Å². The fourth-order valence-corrected chi connectivity index (χ4v) is 6.23. The molecule has 0 fully saturated rings. The van der Waals surface area contributed by atoms with Crippen LogP contribution in [0, 0.1) is 6.15 Å². The van der Waals surface area contributed by atoms with Gasteiger partial charge in [0.2, 0.25) is 0 Å². The van der Waals surface area contributed by atoms with Crippen molar-refractivity contribution < 1.29 is 38.9 Å². The third-order valence-corrected chi connectivity index (χ3v) is 9.43. The predicted octanol–water partition coefficient (Wildman–Crippen LogP) is 11.3. The summed E-state index contributed by atoms with van der Waals surface area (Å²) in [5.74, 6) is -1.43. The van der Waals surface area contributed by atoms with Gasteiger partial charge in [-0.3, -0.25) is 14.1 Å². The van der Waals surface area contributed by atoms with E-state index in [1.807, 2.05) is 0 Å². The van der Waals surface area contributed by atoms with E-state index >= 15 is 0 Å². The van der Waals surface area contributed by atoms with Gasteiger partial charge in [-0.15, -0.1) is 0 Å². The van der Waals surface area contributed by atoms with Gasteiger partial charge in [0.25, 0.3) is 10.1 Å². The molecule has 3 N–H and O–H groups in total. The maximum atomic E-state index is 11.5. The number of hydrogen-bond donors (Lipinski definition) is 3. The molecule has 0 radical (unpaired) electrons. The van der Waals surface area contributed by atoms with Crippen LogP contribution >= 0.6 is 0 Å². The number of rotatable bonds is 32. The largest absolute Gasteiger partial charge is 0.481 e. The molecule has 7 nitrogen and oxygen atoms in total. The number of carboxylic acid groups (broad SMARTS) is 2. The van der Waals surface area contributed by atoms with Gasteiger partial charge in [0.05, 0.1) is 5.25 Å². The zero-order valence-corrected chi connectivity index (χ0v) is 29.8. The van der Waals surface area contributed by atoms with Crippen molar-refractivity contribution in [1.29, 1.82) is 0 Å². The van der Waals surface area contributed by atoms with E-state index in [1.165, 1.54) is 96.3 Å². The van der Waals surface area contributed by atoms with Gasteiger partial charge in [-0.25, -0.2) is 0 Å². The van der Waals surface area contributed by atoms with Gasteiger partial charge in [0, 0.05) is 19.0 Å². The number of carboxylic acids is 2. The molecule has 45 heavy (non-hydrogen) atoms. The van der Waals surface area contributed by atoms with Gasteiger partial charge >= 0.3 is 11.9 Å². The van der Waals surface area contributed by atoms with Gasteiger partial charge < -0.3 is 10.2 Å². The van der Waals surface area contributed by atoms with Crippen molar-refractivity contribution in [3.05, 3.63) is 12.2 Å². The standard InChI is InChI=1S/C18H36O5S.C18H34O2.Ne/c1-2-3-4-5-6-8-11-14-17(24(21,22)23)15-12-9-7-10-13-16-18(19)20;1-2-3-4-5-6-7-8-9-10-11-12-13-14-15-16-17-18(19)20;/h17H,2-16H2,1H3,(H,19,20)(H,21,22,23);9-10H,2-8,11-17H2,1H3,(H,19,20);/b;10-9+;. The van der Waals surface area contributed by atoms with E-state index in [1.54, 1.807) is 0 Å². The average Bonchev–Trinajstić information content (AvgIpc) is 2.96. The molecule has 0 heterocycles. The molecule has 270 valence electrons. The first-order valence-corrected chi connectivity index (χ1v) is 19.7. The first-order valence-electron chi connectivity index (χ1n) is 18.2. The molecule has 0 aliphatic carbocycles. The number of allylic oxidation sites excluding steroid dienone is 2. The predicted molar refractivity (Wildman–Crippen MR) is 185 cm³/mol. The molecular formula is C36H70NeO7S. The first-order chi connectivity index (χ1) is 21.1. The van der Waals surface area contributed by atoms with Crippen LogP contribution in [0.25, 0.3) is 0 Å². The molecule has 0 bridgehead atoms. The Kier molecular flexibility index (Phi) is 39.3. The third kappa shape index (κ3) is 42.5. The van der Waals surface area contributed by atoms with Crippen LogP contribution in [0.2, 0.25) is 0 Å². The number of hydrogen-bond acceptors (Lipinski definition) is 4. The Hall–Kier alpha value is -1.50. The summed E-state index contributed by atoms with van der Waals surface area (Å²) in [7, 11) is -3.95. The Morgan fingerprint density at radius 2 is 0.800 bits per heavy atom. The first kappa shape index (κ1) is 47.9. The van der Waals surface area contributed by atoms with Crippen molar-refractivity contribution in [1.82, 2.24) is 0 Å².